The van der Waals surface area contributed by atoms with E-state index in [-0.39, 0.29) is 11.3 Å². The van der Waals surface area contributed by atoms with Crippen molar-refractivity contribution in [2.45, 2.75) is 6.92 Å². The standard InChI is InChI=1S/C22H17N3O5/c1-15-7-10-17(11-8-15)21(26)24-23-14-16-9-12-20(19(13-16)25(28)29)30-22(27)18-5-3-2-4-6-18/h2-14H,1H3,(H,24,26)/b23-14-. The fraction of sp³-hybridized carbons (Fsp3) is 0.0455. The fourth-order valence-electron chi connectivity index (χ4n) is 2.51. The number of nitro benzene ring substituents is 1. The van der Waals surface area contributed by atoms with E-state index in [0.29, 0.717) is 11.1 Å². The van der Waals surface area contributed by atoms with Crippen LogP contribution in [0.4, 0.5) is 5.69 Å². The summed E-state index contributed by atoms with van der Waals surface area (Å²) in [4.78, 5) is 34.9. The SMILES string of the molecule is Cc1ccc(C(=O)N/N=C\c2ccc(OC(=O)c3ccccc3)c([N+](=O)[O-])c2)cc1. The molecule has 0 aromatic heterocycles. The first-order valence-corrected chi connectivity index (χ1v) is 8.90. The molecule has 0 radical (unpaired) electrons. The van der Waals surface area contributed by atoms with Gasteiger partial charge in [-0.1, -0.05) is 35.9 Å². The number of hydrazone groups is 1. The Morgan fingerprint density at radius 1 is 1.00 bits per heavy atom. The summed E-state index contributed by atoms with van der Waals surface area (Å²) in [6, 6.07) is 19.1. The molecule has 0 unspecified atom stereocenters. The second-order valence-electron chi connectivity index (χ2n) is 6.30. The Hall–Kier alpha value is -4.33. The maximum absolute atomic E-state index is 12.2. The number of aryl methyl sites for hydroxylation is 1. The summed E-state index contributed by atoms with van der Waals surface area (Å²) in [6.07, 6.45) is 1.27. The number of benzene rings is 3. The molecule has 0 aliphatic carbocycles. The van der Waals surface area contributed by atoms with Crippen molar-refractivity contribution in [1.29, 1.82) is 0 Å². The van der Waals surface area contributed by atoms with Gasteiger partial charge in [-0.3, -0.25) is 14.9 Å². The van der Waals surface area contributed by atoms with Gasteiger partial charge in [0.05, 0.1) is 16.7 Å². The van der Waals surface area contributed by atoms with Crippen LogP contribution in [0.25, 0.3) is 0 Å². The van der Waals surface area contributed by atoms with Crippen LogP contribution >= 0.6 is 0 Å². The molecule has 0 spiro atoms. The number of amides is 1. The molecule has 8 heteroatoms. The van der Waals surface area contributed by atoms with Crippen molar-refractivity contribution in [2.75, 3.05) is 0 Å². The van der Waals surface area contributed by atoms with Gasteiger partial charge in [-0.15, -0.1) is 0 Å². The molecule has 1 amide bonds. The number of nitro groups is 1. The Morgan fingerprint density at radius 3 is 2.37 bits per heavy atom. The Balaban J connectivity index is 1.72. The minimum Gasteiger partial charge on any atom is -0.416 e. The lowest BCUT2D eigenvalue weighted by Gasteiger charge is -2.06. The molecule has 0 fully saturated rings. The summed E-state index contributed by atoms with van der Waals surface area (Å²) >= 11 is 0. The van der Waals surface area contributed by atoms with Crippen molar-refractivity contribution < 1.29 is 19.2 Å². The molecule has 0 aliphatic rings. The minimum atomic E-state index is -0.703. The molecule has 0 aliphatic heterocycles. The minimum absolute atomic E-state index is 0.185. The zero-order chi connectivity index (χ0) is 21.5. The molecule has 3 aromatic carbocycles. The summed E-state index contributed by atoms with van der Waals surface area (Å²) in [5.41, 5.74) is 4.05. The van der Waals surface area contributed by atoms with Crippen LogP contribution in [0.1, 0.15) is 31.8 Å². The van der Waals surface area contributed by atoms with E-state index in [1.54, 1.807) is 54.6 Å². The van der Waals surface area contributed by atoms with E-state index >= 15 is 0 Å². The number of esters is 1. The summed E-state index contributed by atoms with van der Waals surface area (Å²) in [5.74, 6) is -1.30. The predicted molar refractivity (Wildman–Crippen MR) is 111 cm³/mol. The molecule has 8 nitrogen and oxygen atoms in total. The van der Waals surface area contributed by atoms with Crippen molar-refractivity contribution in [3.05, 3.63) is 105 Å². The molecule has 0 heterocycles. The number of carbonyl (C=O) groups is 2. The van der Waals surface area contributed by atoms with E-state index in [0.717, 1.165) is 5.56 Å². The third-order valence-corrected chi connectivity index (χ3v) is 4.09. The highest BCUT2D eigenvalue weighted by atomic mass is 16.6. The average Bonchev–Trinajstić information content (AvgIpc) is 2.75. The van der Waals surface area contributed by atoms with Crippen molar-refractivity contribution in [1.82, 2.24) is 5.43 Å². The zero-order valence-corrected chi connectivity index (χ0v) is 15.9. The zero-order valence-electron chi connectivity index (χ0n) is 15.9. The Bertz CT molecular complexity index is 1110. The maximum atomic E-state index is 12.2. The highest BCUT2D eigenvalue weighted by Crippen LogP contribution is 2.28. The normalized spacial score (nSPS) is 10.6. The second kappa shape index (κ2) is 9.24. The smallest absolute Gasteiger partial charge is 0.343 e. The predicted octanol–water partition coefficient (Wildman–Crippen LogP) is 3.89. The number of hydrogen-bond acceptors (Lipinski definition) is 6. The summed E-state index contributed by atoms with van der Waals surface area (Å²) in [6.45, 7) is 1.91. The van der Waals surface area contributed by atoms with Gasteiger partial charge in [0.25, 0.3) is 5.91 Å². The first kappa shape index (κ1) is 20.4. The van der Waals surface area contributed by atoms with Crippen LogP contribution in [0.2, 0.25) is 0 Å². The van der Waals surface area contributed by atoms with Gasteiger partial charge < -0.3 is 4.74 Å². The van der Waals surface area contributed by atoms with Crippen LogP contribution < -0.4 is 10.2 Å². The van der Waals surface area contributed by atoms with Crippen LogP contribution in [0.15, 0.2) is 77.9 Å². The number of carbonyl (C=O) groups excluding carboxylic acids is 2. The van der Waals surface area contributed by atoms with E-state index in [2.05, 4.69) is 10.5 Å². The van der Waals surface area contributed by atoms with Crippen molar-refractivity contribution in [3.8, 4) is 5.75 Å². The molecule has 0 saturated heterocycles. The quantitative estimate of drug-likeness (QED) is 0.221. The van der Waals surface area contributed by atoms with Gasteiger partial charge in [0.1, 0.15) is 0 Å². The van der Waals surface area contributed by atoms with Crippen molar-refractivity contribution in [3.63, 3.8) is 0 Å². The molecule has 0 saturated carbocycles. The molecular weight excluding hydrogens is 386 g/mol. The van der Waals surface area contributed by atoms with Crippen LogP contribution in [0.3, 0.4) is 0 Å². The topological polar surface area (TPSA) is 111 Å². The maximum Gasteiger partial charge on any atom is 0.343 e. The highest BCUT2D eigenvalue weighted by molar-refractivity contribution is 5.95. The highest BCUT2D eigenvalue weighted by Gasteiger charge is 2.19. The van der Waals surface area contributed by atoms with E-state index < -0.39 is 22.5 Å². The van der Waals surface area contributed by atoms with E-state index in [9.17, 15) is 19.7 Å². The molecule has 150 valence electrons. The van der Waals surface area contributed by atoms with Crippen molar-refractivity contribution in [2.24, 2.45) is 5.10 Å². The monoisotopic (exact) mass is 403 g/mol. The van der Waals surface area contributed by atoms with Gasteiger partial charge in [0.2, 0.25) is 5.75 Å². The number of rotatable bonds is 6. The third kappa shape index (κ3) is 5.14. The van der Waals surface area contributed by atoms with Crippen LogP contribution in [0, 0.1) is 17.0 Å². The van der Waals surface area contributed by atoms with Gasteiger partial charge in [0.15, 0.2) is 0 Å². The number of nitrogens with zero attached hydrogens (tertiary/aromatic N) is 2. The molecule has 3 rings (SSSR count). The Kier molecular flexibility index (Phi) is 6.29. The largest absolute Gasteiger partial charge is 0.416 e. The van der Waals surface area contributed by atoms with Gasteiger partial charge in [0, 0.05) is 17.2 Å². The van der Waals surface area contributed by atoms with Gasteiger partial charge in [-0.25, -0.2) is 10.2 Å². The summed E-state index contributed by atoms with van der Waals surface area (Å²) < 4.78 is 5.16. The second-order valence-corrected chi connectivity index (χ2v) is 6.30. The van der Waals surface area contributed by atoms with Gasteiger partial charge in [-0.05, 0) is 43.3 Å². The van der Waals surface area contributed by atoms with Crippen LogP contribution in [0.5, 0.6) is 5.75 Å². The molecule has 1 N–H and O–H groups in total. The van der Waals surface area contributed by atoms with Crippen LogP contribution in [-0.2, 0) is 0 Å². The molecule has 0 bridgehead atoms. The fourth-order valence-corrected chi connectivity index (χ4v) is 2.51. The lowest BCUT2D eigenvalue weighted by Crippen LogP contribution is -2.17. The molecule has 30 heavy (non-hydrogen) atoms. The van der Waals surface area contributed by atoms with Crippen LogP contribution in [-0.4, -0.2) is 23.0 Å². The molecule has 3 aromatic rings. The summed E-state index contributed by atoms with van der Waals surface area (Å²) in [7, 11) is 0. The van der Waals surface area contributed by atoms with Gasteiger partial charge in [-0.2, -0.15) is 5.10 Å². The molecule has 0 atom stereocenters. The van der Waals surface area contributed by atoms with E-state index in [1.807, 2.05) is 6.92 Å². The lowest BCUT2D eigenvalue weighted by atomic mass is 10.1. The van der Waals surface area contributed by atoms with Crippen molar-refractivity contribution >= 4 is 23.8 Å². The Labute approximate surface area is 172 Å². The van der Waals surface area contributed by atoms with E-state index in [1.165, 1.54) is 24.4 Å². The Morgan fingerprint density at radius 2 is 1.70 bits per heavy atom. The lowest BCUT2D eigenvalue weighted by molar-refractivity contribution is -0.385. The number of hydrogen-bond donors (Lipinski definition) is 1. The molecular formula is C22H17N3O5. The average molecular weight is 403 g/mol. The first-order chi connectivity index (χ1) is 14.4. The number of nitrogens with one attached hydrogen (secondary N) is 1. The first-order valence-electron chi connectivity index (χ1n) is 8.90. The van der Waals surface area contributed by atoms with Gasteiger partial charge >= 0.3 is 11.7 Å². The number of ether oxygens (including phenoxy) is 1. The van der Waals surface area contributed by atoms with E-state index in [4.69, 9.17) is 4.74 Å². The summed E-state index contributed by atoms with van der Waals surface area (Å²) in [5, 5.41) is 15.2. The third-order valence-electron chi connectivity index (χ3n) is 4.09.